The molecule has 0 saturated heterocycles. The van der Waals surface area contributed by atoms with Crippen molar-refractivity contribution in [3.05, 3.63) is 60.0 Å². The van der Waals surface area contributed by atoms with E-state index in [-0.39, 0.29) is 12.5 Å². The summed E-state index contributed by atoms with van der Waals surface area (Å²) in [6.45, 7) is 5.19. The number of fused-ring (bicyclic) bond motifs is 1. The maximum Gasteiger partial charge on any atom is 0.229 e. The van der Waals surface area contributed by atoms with Gasteiger partial charge in [-0.1, -0.05) is 38.1 Å². The lowest BCUT2D eigenvalue weighted by Gasteiger charge is -2.11. The summed E-state index contributed by atoms with van der Waals surface area (Å²) in [6.07, 6.45) is 3.50. The quantitative estimate of drug-likeness (QED) is 0.422. The fourth-order valence-electron chi connectivity index (χ4n) is 3.07. The van der Waals surface area contributed by atoms with E-state index in [1.165, 1.54) is 0 Å². The van der Waals surface area contributed by atoms with Gasteiger partial charge in [0, 0.05) is 24.2 Å². The first-order chi connectivity index (χ1) is 14.2. The van der Waals surface area contributed by atoms with Crippen LogP contribution in [-0.4, -0.2) is 37.8 Å². The number of rotatable bonds is 8. The van der Waals surface area contributed by atoms with E-state index in [1.54, 1.807) is 10.8 Å². The summed E-state index contributed by atoms with van der Waals surface area (Å²) in [5, 5.41) is 20.0. The van der Waals surface area contributed by atoms with E-state index < -0.39 is 0 Å². The monoisotopic (exact) mass is 392 g/mol. The number of nitrogens with zero attached hydrogens (tertiary/aromatic N) is 4. The van der Waals surface area contributed by atoms with Gasteiger partial charge in [0.15, 0.2) is 5.65 Å². The summed E-state index contributed by atoms with van der Waals surface area (Å²) < 4.78 is 7.15. The minimum Gasteiger partial charge on any atom is -0.464 e. The van der Waals surface area contributed by atoms with E-state index in [4.69, 9.17) is 9.52 Å². The van der Waals surface area contributed by atoms with Crippen LogP contribution in [0, 0.1) is 0 Å². The van der Waals surface area contributed by atoms with Crippen LogP contribution in [0.3, 0.4) is 0 Å². The highest BCUT2D eigenvalue weighted by molar-refractivity contribution is 5.58. The van der Waals surface area contributed by atoms with Crippen LogP contribution < -0.4 is 10.6 Å². The average molecular weight is 392 g/mol. The standard InChI is InChI=1S/C21H24N6O2/c1-14(2)17-13-24-27-19(17)25-20(22-9-10-28)26-21(27)23-12-15-5-7-16(8-6-15)18-4-3-11-29-18/h3-8,11,13-14,28H,9-10,12H2,1-2H3,(H2,22,23,25,26). The molecule has 0 amide bonds. The first-order valence-corrected chi connectivity index (χ1v) is 9.63. The van der Waals surface area contributed by atoms with Gasteiger partial charge in [0.1, 0.15) is 5.76 Å². The number of aliphatic hydroxyl groups excluding tert-OH is 1. The third kappa shape index (κ3) is 4.07. The van der Waals surface area contributed by atoms with E-state index in [1.807, 2.05) is 30.5 Å². The van der Waals surface area contributed by atoms with Gasteiger partial charge in [0.25, 0.3) is 0 Å². The van der Waals surface area contributed by atoms with Crippen LogP contribution in [0.4, 0.5) is 11.9 Å². The molecule has 1 aromatic carbocycles. The Morgan fingerprint density at radius 1 is 1.10 bits per heavy atom. The molecule has 150 valence electrons. The molecule has 0 saturated carbocycles. The Balaban J connectivity index is 1.57. The second-order valence-corrected chi connectivity index (χ2v) is 7.04. The van der Waals surface area contributed by atoms with Crippen LogP contribution >= 0.6 is 0 Å². The van der Waals surface area contributed by atoms with Crippen molar-refractivity contribution in [3.8, 4) is 11.3 Å². The summed E-state index contributed by atoms with van der Waals surface area (Å²) in [4.78, 5) is 9.09. The number of hydrogen-bond acceptors (Lipinski definition) is 7. The molecule has 8 nitrogen and oxygen atoms in total. The van der Waals surface area contributed by atoms with Crippen molar-refractivity contribution in [2.75, 3.05) is 23.8 Å². The van der Waals surface area contributed by atoms with Gasteiger partial charge in [0.2, 0.25) is 11.9 Å². The van der Waals surface area contributed by atoms with Crippen molar-refractivity contribution in [2.45, 2.75) is 26.3 Å². The Morgan fingerprint density at radius 3 is 2.62 bits per heavy atom. The van der Waals surface area contributed by atoms with Crippen LogP contribution in [0.5, 0.6) is 0 Å². The predicted octanol–water partition coefficient (Wildman–Crippen LogP) is 3.52. The molecule has 0 fully saturated rings. The Kier molecular flexibility index (Phi) is 5.44. The largest absolute Gasteiger partial charge is 0.464 e. The van der Waals surface area contributed by atoms with Gasteiger partial charge < -0.3 is 20.2 Å². The molecule has 29 heavy (non-hydrogen) atoms. The topological polar surface area (TPSA) is 101 Å². The minimum absolute atomic E-state index is 0.00954. The van der Waals surface area contributed by atoms with Crippen LogP contribution in [-0.2, 0) is 6.54 Å². The normalized spacial score (nSPS) is 11.3. The first-order valence-electron chi connectivity index (χ1n) is 9.63. The van der Waals surface area contributed by atoms with Crippen molar-refractivity contribution in [2.24, 2.45) is 0 Å². The van der Waals surface area contributed by atoms with Gasteiger partial charge in [-0.2, -0.15) is 19.6 Å². The van der Waals surface area contributed by atoms with Gasteiger partial charge >= 0.3 is 0 Å². The van der Waals surface area contributed by atoms with Crippen molar-refractivity contribution >= 4 is 17.5 Å². The summed E-state index contributed by atoms with van der Waals surface area (Å²) >= 11 is 0. The fraction of sp³-hybridized carbons (Fsp3) is 0.286. The molecule has 3 heterocycles. The summed E-state index contributed by atoms with van der Waals surface area (Å²) in [5.41, 5.74) is 3.94. The van der Waals surface area contributed by atoms with E-state index in [2.05, 4.69) is 51.7 Å². The van der Waals surface area contributed by atoms with E-state index in [0.717, 1.165) is 28.1 Å². The molecule has 0 bridgehead atoms. The van der Waals surface area contributed by atoms with Gasteiger partial charge in [0.05, 0.1) is 19.1 Å². The number of benzene rings is 1. The Bertz CT molecular complexity index is 1070. The second kappa shape index (κ2) is 8.32. The van der Waals surface area contributed by atoms with Crippen molar-refractivity contribution in [1.29, 1.82) is 0 Å². The second-order valence-electron chi connectivity index (χ2n) is 7.04. The van der Waals surface area contributed by atoms with Gasteiger partial charge in [-0.05, 0) is 23.6 Å². The molecule has 0 unspecified atom stereocenters. The zero-order chi connectivity index (χ0) is 20.2. The van der Waals surface area contributed by atoms with Crippen LogP contribution in [0.2, 0.25) is 0 Å². The molecular weight excluding hydrogens is 368 g/mol. The maximum atomic E-state index is 9.10. The Labute approximate surface area is 168 Å². The maximum absolute atomic E-state index is 9.10. The van der Waals surface area contributed by atoms with Crippen molar-refractivity contribution in [1.82, 2.24) is 19.6 Å². The molecule has 0 aliphatic rings. The molecule has 3 N–H and O–H groups in total. The van der Waals surface area contributed by atoms with E-state index in [0.29, 0.717) is 25.0 Å². The highest BCUT2D eigenvalue weighted by atomic mass is 16.3. The lowest BCUT2D eigenvalue weighted by Crippen LogP contribution is -2.14. The SMILES string of the molecule is CC(C)c1cnn2c(NCc3ccc(-c4ccco4)cc3)nc(NCCO)nc12. The average Bonchev–Trinajstić information content (AvgIpc) is 3.41. The third-order valence-electron chi connectivity index (χ3n) is 4.62. The fourth-order valence-corrected chi connectivity index (χ4v) is 3.07. The van der Waals surface area contributed by atoms with Crippen LogP contribution in [0.25, 0.3) is 17.0 Å². The molecular formula is C21H24N6O2. The Morgan fingerprint density at radius 2 is 1.93 bits per heavy atom. The zero-order valence-corrected chi connectivity index (χ0v) is 16.5. The lowest BCUT2D eigenvalue weighted by atomic mass is 10.1. The van der Waals surface area contributed by atoms with Crippen LogP contribution in [0.1, 0.15) is 30.9 Å². The van der Waals surface area contributed by atoms with Gasteiger partial charge in [-0.3, -0.25) is 0 Å². The minimum atomic E-state index is 0.00954. The summed E-state index contributed by atoms with van der Waals surface area (Å²) in [7, 11) is 0. The van der Waals surface area contributed by atoms with E-state index in [9.17, 15) is 0 Å². The number of anilines is 2. The highest BCUT2D eigenvalue weighted by Crippen LogP contribution is 2.23. The third-order valence-corrected chi connectivity index (χ3v) is 4.62. The molecule has 4 aromatic rings. The van der Waals surface area contributed by atoms with Crippen molar-refractivity contribution < 1.29 is 9.52 Å². The lowest BCUT2D eigenvalue weighted by molar-refractivity contribution is 0.311. The summed E-state index contributed by atoms with van der Waals surface area (Å²) in [6, 6.07) is 12.0. The molecule has 0 atom stereocenters. The van der Waals surface area contributed by atoms with Gasteiger partial charge in [-0.25, -0.2) is 0 Å². The van der Waals surface area contributed by atoms with Gasteiger partial charge in [-0.15, -0.1) is 0 Å². The van der Waals surface area contributed by atoms with Crippen molar-refractivity contribution in [3.63, 3.8) is 0 Å². The predicted molar refractivity (Wildman–Crippen MR) is 112 cm³/mol. The molecule has 0 aliphatic carbocycles. The molecule has 0 radical (unpaired) electrons. The number of furan rings is 1. The Hall–Kier alpha value is -3.39. The number of aliphatic hydroxyl groups is 1. The van der Waals surface area contributed by atoms with E-state index >= 15 is 0 Å². The molecule has 0 aliphatic heterocycles. The molecule has 3 aromatic heterocycles. The number of hydrogen-bond donors (Lipinski definition) is 3. The zero-order valence-electron chi connectivity index (χ0n) is 16.5. The molecule has 0 spiro atoms. The van der Waals surface area contributed by atoms with Crippen LogP contribution in [0.15, 0.2) is 53.3 Å². The number of aromatic nitrogens is 4. The first kappa shape index (κ1) is 18.9. The highest BCUT2D eigenvalue weighted by Gasteiger charge is 2.15. The molecule has 8 heteroatoms. The molecule has 4 rings (SSSR count). The smallest absolute Gasteiger partial charge is 0.229 e. The summed E-state index contributed by atoms with van der Waals surface area (Å²) in [5.74, 6) is 2.19. The number of nitrogens with one attached hydrogen (secondary N) is 2.